The molecule has 0 spiro atoms. The number of rotatable bonds is 9. The largest absolute Gasteiger partial charge is 0.494 e. The number of methoxy groups -OCH3 is 1. The van der Waals surface area contributed by atoms with Gasteiger partial charge in [0.25, 0.3) is 0 Å². The molecule has 0 aromatic heterocycles. The zero-order valence-electron chi connectivity index (χ0n) is 17.2. The first kappa shape index (κ1) is 21.5. The minimum atomic E-state index is -0.00413. The molecule has 1 unspecified atom stereocenters. The van der Waals surface area contributed by atoms with Crippen molar-refractivity contribution in [1.82, 2.24) is 10.6 Å². The number of benzene rings is 1. The van der Waals surface area contributed by atoms with Gasteiger partial charge in [-0.1, -0.05) is 12.1 Å². The molecule has 0 aliphatic carbocycles. The van der Waals surface area contributed by atoms with Gasteiger partial charge < -0.3 is 24.8 Å². The first-order valence-corrected chi connectivity index (χ1v) is 9.98. The summed E-state index contributed by atoms with van der Waals surface area (Å²) in [6.45, 7) is 10.6. The predicted octanol–water partition coefficient (Wildman–Crippen LogP) is 2.72. The second kappa shape index (κ2) is 11.1. The maximum atomic E-state index is 5.64. The Morgan fingerprint density at radius 1 is 1.22 bits per heavy atom. The van der Waals surface area contributed by atoms with E-state index in [2.05, 4.69) is 48.7 Å². The molecule has 2 rings (SSSR count). The first-order valence-electron chi connectivity index (χ1n) is 9.98. The Morgan fingerprint density at radius 3 is 2.52 bits per heavy atom. The lowest BCUT2D eigenvalue weighted by Crippen LogP contribution is -2.45. The lowest BCUT2D eigenvalue weighted by atomic mass is 9.74. The third-order valence-electron chi connectivity index (χ3n) is 4.91. The minimum absolute atomic E-state index is 0.00413. The summed E-state index contributed by atoms with van der Waals surface area (Å²) in [6, 6.07) is 8.68. The van der Waals surface area contributed by atoms with Gasteiger partial charge in [-0.05, 0) is 51.3 Å². The first-order chi connectivity index (χ1) is 13.1. The Morgan fingerprint density at radius 2 is 1.93 bits per heavy atom. The van der Waals surface area contributed by atoms with Crippen LogP contribution in [0.25, 0.3) is 0 Å². The number of ether oxygens (including phenoxy) is 3. The zero-order valence-corrected chi connectivity index (χ0v) is 17.2. The van der Waals surface area contributed by atoms with Crippen LogP contribution in [0.4, 0.5) is 0 Å². The van der Waals surface area contributed by atoms with Crippen LogP contribution in [-0.4, -0.2) is 58.6 Å². The van der Waals surface area contributed by atoms with E-state index in [1.165, 1.54) is 5.56 Å². The van der Waals surface area contributed by atoms with E-state index < -0.39 is 0 Å². The van der Waals surface area contributed by atoms with Crippen molar-refractivity contribution in [3.8, 4) is 5.75 Å². The Kier molecular flexibility index (Phi) is 8.88. The van der Waals surface area contributed by atoms with Crippen molar-refractivity contribution in [2.24, 2.45) is 4.99 Å². The number of hydrogen-bond acceptors (Lipinski definition) is 4. The molecule has 27 heavy (non-hydrogen) atoms. The van der Waals surface area contributed by atoms with Crippen LogP contribution in [0.5, 0.6) is 5.75 Å². The Bertz CT molecular complexity index is 569. The Balaban J connectivity index is 2.18. The molecule has 1 fully saturated rings. The van der Waals surface area contributed by atoms with Crippen LogP contribution in [0.2, 0.25) is 0 Å². The molecule has 1 aliphatic rings. The lowest BCUT2D eigenvalue weighted by molar-refractivity contribution is 0.0530. The second-order valence-corrected chi connectivity index (χ2v) is 7.05. The Labute approximate surface area is 163 Å². The van der Waals surface area contributed by atoms with E-state index in [1.807, 2.05) is 6.92 Å². The second-order valence-electron chi connectivity index (χ2n) is 7.05. The standard InChI is InChI=1S/C21H35N3O3/c1-5-22-20(24-17(3)15-25-4)23-16-21(11-13-26-14-12-21)18-7-9-19(10-8-18)27-6-2/h7-10,17H,5-6,11-16H2,1-4H3,(H2,22,23,24). The quantitative estimate of drug-likeness (QED) is 0.512. The van der Waals surface area contributed by atoms with Crippen molar-refractivity contribution in [2.75, 3.05) is 46.6 Å². The lowest BCUT2D eigenvalue weighted by Gasteiger charge is -2.37. The summed E-state index contributed by atoms with van der Waals surface area (Å²) in [7, 11) is 1.71. The van der Waals surface area contributed by atoms with Gasteiger partial charge in [0.05, 0.1) is 19.8 Å². The van der Waals surface area contributed by atoms with Crippen molar-refractivity contribution in [3.05, 3.63) is 29.8 Å². The van der Waals surface area contributed by atoms with E-state index in [1.54, 1.807) is 7.11 Å². The molecule has 1 atom stereocenters. The summed E-state index contributed by atoms with van der Waals surface area (Å²) >= 11 is 0. The monoisotopic (exact) mass is 377 g/mol. The molecule has 0 bridgehead atoms. The van der Waals surface area contributed by atoms with Crippen LogP contribution in [0.1, 0.15) is 39.2 Å². The van der Waals surface area contributed by atoms with Gasteiger partial charge in [0.1, 0.15) is 5.75 Å². The molecule has 1 heterocycles. The molecule has 6 heteroatoms. The summed E-state index contributed by atoms with van der Waals surface area (Å²) in [5.41, 5.74) is 1.30. The van der Waals surface area contributed by atoms with Crippen LogP contribution in [0.3, 0.4) is 0 Å². The third-order valence-corrected chi connectivity index (χ3v) is 4.91. The van der Waals surface area contributed by atoms with E-state index in [0.29, 0.717) is 13.2 Å². The molecule has 6 nitrogen and oxygen atoms in total. The maximum Gasteiger partial charge on any atom is 0.191 e. The highest BCUT2D eigenvalue weighted by molar-refractivity contribution is 5.80. The van der Waals surface area contributed by atoms with Crippen molar-refractivity contribution < 1.29 is 14.2 Å². The summed E-state index contributed by atoms with van der Waals surface area (Å²) in [5.74, 6) is 1.74. The van der Waals surface area contributed by atoms with Gasteiger partial charge >= 0.3 is 0 Å². The fraction of sp³-hybridized carbons (Fsp3) is 0.667. The SMILES string of the molecule is CCNC(=NCC1(c2ccc(OCC)cc2)CCOCC1)NC(C)COC. The van der Waals surface area contributed by atoms with Gasteiger partial charge in [0.15, 0.2) is 5.96 Å². The molecule has 1 aromatic carbocycles. The third kappa shape index (κ3) is 6.40. The normalized spacial score (nSPS) is 18.0. The van der Waals surface area contributed by atoms with E-state index >= 15 is 0 Å². The smallest absolute Gasteiger partial charge is 0.191 e. The van der Waals surface area contributed by atoms with Gasteiger partial charge in [-0.3, -0.25) is 4.99 Å². The number of guanidine groups is 1. The van der Waals surface area contributed by atoms with Crippen molar-refractivity contribution >= 4 is 5.96 Å². The fourth-order valence-electron chi connectivity index (χ4n) is 3.45. The topological polar surface area (TPSA) is 64.1 Å². The predicted molar refractivity (Wildman–Crippen MR) is 110 cm³/mol. The van der Waals surface area contributed by atoms with E-state index in [9.17, 15) is 0 Å². The van der Waals surface area contributed by atoms with Crippen LogP contribution in [-0.2, 0) is 14.9 Å². The van der Waals surface area contributed by atoms with Crippen LogP contribution >= 0.6 is 0 Å². The average Bonchev–Trinajstić information content (AvgIpc) is 2.68. The summed E-state index contributed by atoms with van der Waals surface area (Å²) < 4.78 is 16.5. The van der Waals surface area contributed by atoms with E-state index in [-0.39, 0.29) is 11.5 Å². The highest BCUT2D eigenvalue weighted by Gasteiger charge is 2.34. The summed E-state index contributed by atoms with van der Waals surface area (Å²) in [6.07, 6.45) is 1.94. The molecule has 152 valence electrons. The van der Waals surface area contributed by atoms with Crippen LogP contribution < -0.4 is 15.4 Å². The van der Waals surface area contributed by atoms with Crippen LogP contribution in [0, 0.1) is 0 Å². The molecule has 1 aliphatic heterocycles. The van der Waals surface area contributed by atoms with Gasteiger partial charge in [-0.25, -0.2) is 0 Å². The maximum absolute atomic E-state index is 5.64. The average molecular weight is 378 g/mol. The molecule has 1 aromatic rings. The summed E-state index contributed by atoms with van der Waals surface area (Å²) in [5, 5.41) is 6.75. The van der Waals surface area contributed by atoms with Gasteiger partial charge in [-0.2, -0.15) is 0 Å². The number of aliphatic imine (C=N–C) groups is 1. The molecule has 0 amide bonds. The Hall–Kier alpha value is -1.79. The van der Waals surface area contributed by atoms with E-state index in [0.717, 1.165) is 50.9 Å². The van der Waals surface area contributed by atoms with Crippen LogP contribution in [0.15, 0.2) is 29.3 Å². The van der Waals surface area contributed by atoms with Gasteiger partial charge in [0, 0.05) is 38.3 Å². The molecular weight excluding hydrogens is 342 g/mol. The number of nitrogens with zero attached hydrogens (tertiary/aromatic N) is 1. The van der Waals surface area contributed by atoms with Gasteiger partial charge in [-0.15, -0.1) is 0 Å². The molecule has 2 N–H and O–H groups in total. The summed E-state index contributed by atoms with van der Waals surface area (Å²) in [4.78, 5) is 4.92. The molecule has 0 saturated carbocycles. The fourth-order valence-corrected chi connectivity index (χ4v) is 3.45. The minimum Gasteiger partial charge on any atom is -0.494 e. The van der Waals surface area contributed by atoms with Gasteiger partial charge in [0.2, 0.25) is 0 Å². The zero-order chi connectivity index (χ0) is 19.5. The highest BCUT2D eigenvalue weighted by atomic mass is 16.5. The number of nitrogens with one attached hydrogen (secondary N) is 2. The van der Waals surface area contributed by atoms with Crippen molar-refractivity contribution in [3.63, 3.8) is 0 Å². The van der Waals surface area contributed by atoms with Crippen molar-refractivity contribution in [1.29, 1.82) is 0 Å². The molecule has 0 radical (unpaired) electrons. The molecular formula is C21H35N3O3. The van der Waals surface area contributed by atoms with E-state index in [4.69, 9.17) is 19.2 Å². The van der Waals surface area contributed by atoms with Crippen molar-refractivity contribution in [2.45, 2.75) is 45.1 Å². The molecule has 1 saturated heterocycles. The number of hydrogen-bond donors (Lipinski definition) is 2. The highest BCUT2D eigenvalue weighted by Crippen LogP contribution is 2.36.